The summed E-state index contributed by atoms with van der Waals surface area (Å²) in [6.07, 6.45) is -1.88. The van der Waals surface area contributed by atoms with Crippen LogP contribution in [-0.2, 0) is 15.8 Å². The van der Waals surface area contributed by atoms with Gasteiger partial charge in [-0.15, -0.1) is 0 Å². The first-order valence-corrected chi connectivity index (χ1v) is 12.7. The average molecular weight is 545 g/mol. The van der Waals surface area contributed by atoms with Gasteiger partial charge in [-0.05, 0) is 50.8 Å². The second-order valence-electron chi connectivity index (χ2n) is 10.0. The van der Waals surface area contributed by atoms with Crippen LogP contribution in [-0.4, -0.2) is 70.2 Å². The van der Waals surface area contributed by atoms with Gasteiger partial charge in [0, 0.05) is 43.4 Å². The molecule has 4 heterocycles. The fourth-order valence-electron chi connectivity index (χ4n) is 5.35. The largest absolute Gasteiger partial charge is 0.433 e. The highest BCUT2D eigenvalue weighted by Gasteiger charge is 2.49. The van der Waals surface area contributed by atoms with E-state index in [1.54, 1.807) is 23.1 Å². The summed E-state index contributed by atoms with van der Waals surface area (Å²) in [4.78, 5) is 62.8. The molecule has 13 heteroatoms. The summed E-state index contributed by atoms with van der Waals surface area (Å²) in [6.45, 7) is 2.38. The van der Waals surface area contributed by atoms with E-state index in [1.807, 2.05) is 0 Å². The van der Waals surface area contributed by atoms with Crippen LogP contribution in [0.1, 0.15) is 48.7 Å². The molecule has 3 aliphatic rings. The molecular weight excluding hydrogens is 517 g/mol. The highest BCUT2D eigenvalue weighted by molar-refractivity contribution is 6.21. The first-order chi connectivity index (χ1) is 18.5. The van der Waals surface area contributed by atoms with Gasteiger partial charge in [0.15, 0.2) is 5.78 Å². The summed E-state index contributed by atoms with van der Waals surface area (Å²) in [7, 11) is 0. The number of urea groups is 1. The van der Waals surface area contributed by atoms with Gasteiger partial charge >= 0.3 is 12.2 Å². The van der Waals surface area contributed by atoms with Gasteiger partial charge in [0.25, 0.3) is 5.91 Å². The minimum atomic E-state index is -4.56. The van der Waals surface area contributed by atoms with Crippen LogP contribution < -0.4 is 15.1 Å². The van der Waals surface area contributed by atoms with Crippen LogP contribution in [0.2, 0.25) is 0 Å². The topological polar surface area (TPSA) is 116 Å². The summed E-state index contributed by atoms with van der Waals surface area (Å²) in [6, 6.07) is 5.73. The van der Waals surface area contributed by atoms with E-state index in [-0.39, 0.29) is 36.0 Å². The fourth-order valence-corrected chi connectivity index (χ4v) is 5.35. The average Bonchev–Trinajstić information content (AvgIpc) is 3.17. The van der Waals surface area contributed by atoms with Gasteiger partial charge in [0.05, 0.1) is 5.69 Å². The number of piperidine rings is 2. The number of halogens is 3. The Morgan fingerprint density at radius 2 is 1.79 bits per heavy atom. The molecule has 1 aromatic heterocycles. The number of hydrogen-bond acceptors (Lipinski definition) is 7. The molecule has 2 aromatic rings. The minimum absolute atomic E-state index is 0.0149. The Morgan fingerprint density at radius 1 is 1.05 bits per heavy atom. The number of carbonyl (C=O) groups excluding carboxylic acids is 4. The first kappa shape index (κ1) is 26.6. The molecular formula is C26H27F3N6O4. The van der Waals surface area contributed by atoms with E-state index in [0.29, 0.717) is 50.1 Å². The molecule has 10 nitrogen and oxygen atoms in total. The van der Waals surface area contributed by atoms with E-state index in [2.05, 4.69) is 15.3 Å². The van der Waals surface area contributed by atoms with Gasteiger partial charge in [-0.1, -0.05) is 12.1 Å². The number of Topliss-reactive ketones (excluding diaryl/α,β-unsaturated/α-hetero) is 1. The van der Waals surface area contributed by atoms with Gasteiger partial charge < -0.3 is 15.1 Å². The molecule has 4 amide bonds. The quantitative estimate of drug-likeness (QED) is 0.455. The highest BCUT2D eigenvalue weighted by Crippen LogP contribution is 2.32. The lowest BCUT2D eigenvalue weighted by Gasteiger charge is -2.35. The second kappa shape index (κ2) is 10.3. The number of imide groups is 1. The van der Waals surface area contributed by atoms with Gasteiger partial charge in [0.2, 0.25) is 11.9 Å². The number of anilines is 2. The molecule has 0 radical (unpaired) electrons. The monoisotopic (exact) mass is 544 g/mol. The molecule has 1 N–H and O–H groups in total. The summed E-state index contributed by atoms with van der Waals surface area (Å²) < 4.78 is 39.0. The van der Waals surface area contributed by atoms with Gasteiger partial charge in [-0.2, -0.15) is 13.2 Å². The summed E-state index contributed by atoms with van der Waals surface area (Å²) in [5.41, 5.74) is -0.276. The number of aromatic nitrogens is 2. The minimum Gasteiger partial charge on any atom is -0.353 e. The maximum absolute atomic E-state index is 13.2. The SMILES string of the molecule is CC(=O)c1cccc(N2C(=O)C3CC(NC(=O)C4CCN(c5nccc(C(F)(F)F)n5)CC4)CCN3C2=O)c1. The second-order valence-corrected chi connectivity index (χ2v) is 10.0. The number of nitrogens with zero attached hydrogens (tertiary/aromatic N) is 5. The van der Waals surface area contributed by atoms with Crippen molar-refractivity contribution in [3.05, 3.63) is 47.8 Å². The molecule has 3 fully saturated rings. The van der Waals surface area contributed by atoms with Crippen molar-refractivity contribution in [3.63, 3.8) is 0 Å². The molecule has 206 valence electrons. The van der Waals surface area contributed by atoms with Crippen molar-refractivity contribution in [2.24, 2.45) is 5.92 Å². The van der Waals surface area contributed by atoms with Crippen molar-refractivity contribution < 1.29 is 32.3 Å². The Labute approximate surface area is 222 Å². The smallest absolute Gasteiger partial charge is 0.353 e. The Balaban J connectivity index is 1.17. The predicted molar refractivity (Wildman–Crippen MR) is 133 cm³/mol. The molecule has 5 rings (SSSR count). The number of amides is 4. The van der Waals surface area contributed by atoms with E-state index in [1.165, 1.54) is 17.9 Å². The van der Waals surface area contributed by atoms with Crippen LogP contribution in [0.15, 0.2) is 36.5 Å². The summed E-state index contributed by atoms with van der Waals surface area (Å²) >= 11 is 0. The van der Waals surface area contributed by atoms with Gasteiger partial charge in [-0.25, -0.2) is 19.7 Å². The van der Waals surface area contributed by atoms with Crippen LogP contribution in [0.25, 0.3) is 0 Å². The Bertz CT molecular complexity index is 1310. The molecule has 2 atom stereocenters. The third-order valence-corrected chi connectivity index (χ3v) is 7.48. The third-order valence-electron chi connectivity index (χ3n) is 7.48. The van der Waals surface area contributed by atoms with E-state index >= 15 is 0 Å². The fraction of sp³-hybridized carbons (Fsp3) is 0.462. The number of nitrogens with one attached hydrogen (secondary N) is 1. The molecule has 3 aliphatic heterocycles. The highest BCUT2D eigenvalue weighted by atomic mass is 19.4. The van der Waals surface area contributed by atoms with Crippen LogP contribution in [0.5, 0.6) is 0 Å². The molecule has 0 bridgehead atoms. The van der Waals surface area contributed by atoms with Crippen LogP contribution in [0, 0.1) is 5.92 Å². The van der Waals surface area contributed by atoms with Gasteiger partial charge in [-0.3, -0.25) is 14.4 Å². The summed E-state index contributed by atoms with van der Waals surface area (Å²) in [5, 5.41) is 3.01. The maximum atomic E-state index is 13.2. The van der Waals surface area contributed by atoms with Crippen molar-refractivity contribution in [1.82, 2.24) is 20.2 Å². The van der Waals surface area contributed by atoms with Crippen molar-refractivity contribution in [1.29, 1.82) is 0 Å². The van der Waals surface area contributed by atoms with Crippen molar-refractivity contribution in [2.45, 2.75) is 50.9 Å². The molecule has 3 saturated heterocycles. The van der Waals surface area contributed by atoms with Crippen LogP contribution in [0.4, 0.5) is 29.6 Å². The lowest BCUT2D eigenvalue weighted by Crippen LogP contribution is -2.51. The number of alkyl halides is 3. The maximum Gasteiger partial charge on any atom is 0.433 e. The van der Waals surface area contributed by atoms with Crippen LogP contribution >= 0.6 is 0 Å². The van der Waals surface area contributed by atoms with E-state index < -0.39 is 29.9 Å². The van der Waals surface area contributed by atoms with Crippen LogP contribution in [0.3, 0.4) is 0 Å². The first-order valence-electron chi connectivity index (χ1n) is 12.7. The third kappa shape index (κ3) is 5.30. The summed E-state index contributed by atoms with van der Waals surface area (Å²) in [5.74, 6) is -1.10. The van der Waals surface area contributed by atoms with Crippen molar-refractivity contribution >= 4 is 35.3 Å². The molecule has 2 unspecified atom stereocenters. The Hall–Kier alpha value is -4.03. The van der Waals surface area contributed by atoms with E-state index in [9.17, 15) is 32.3 Å². The Morgan fingerprint density at radius 3 is 2.49 bits per heavy atom. The Kier molecular flexibility index (Phi) is 7.00. The number of fused-ring (bicyclic) bond motifs is 1. The zero-order valence-electron chi connectivity index (χ0n) is 21.1. The van der Waals surface area contributed by atoms with E-state index in [4.69, 9.17) is 0 Å². The van der Waals surface area contributed by atoms with Gasteiger partial charge in [0.1, 0.15) is 11.7 Å². The molecule has 0 aliphatic carbocycles. The number of rotatable bonds is 5. The molecule has 1 aromatic carbocycles. The lowest BCUT2D eigenvalue weighted by atomic mass is 9.93. The molecule has 0 spiro atoms. The zero-order valence-corrected chi connectivity index (χ0v) is 21.1. The molecule has 39 heavy (non-hydrogen) atoms. The predicted octanol–water partition coefficient (Wildman–Crippen LogP) is 3.03. The standard InChI is InChI=1S/C26H27F3N6O4/c1-15(36)17-3-2-4-19(13-17)35-23(38)20-14-18(8-12-34(20)25(35)39)31-22(37)16-6-10-33(11-7-16)24-30-9-5-21(32-24)26(27,28)29/h2-5,9,13,16,18,20H,6-8,10-12,14H2,1H3,(H,31,37). The van der Waals surface area contributed by atoms with Crippen molar-refractivity contribution in [3.8, 4) is 0 Å². The van der Waals surface area contributed by atoms with E-state index in [0.717, 1.165) is 17.2 Å². The number of benzene rings is 1. The van der Waals surface area contributed by atoms with Crippen molar-refractivity contribution in [2.75, 3.05) is 29.4 Å². The normalized spacial score (nSPS) is 22.2. The number of carbonyl (C=O) groups is 4. The lowest BCUT2D eigenvalue weighted by molar-refractivity contribution is -0.141. The number of ketones is 1. The molecule has 0 saturated carbocycles. The zero-order chi connectivity index (χ0) is 27.9. The number of hydrogen-bond donors (Lipinski definition) is 1.